The third-order valence-corrected chi connectivity index (χ3v) is 7.03. The number of hydrogen-bond donors (Lipinski definition) is 2. The van der Waals surface area contributed by atoms with Crippen LogP contribution >= 0.6 is 11.3 Å². The quantitative estimate of drug-likeness (QED) is 0.795. The number of nitrogens with zero attached hydrogens (tertiary/aromatic N) is 1. The first kappa shape index (κ1) is 18.7. The lowest BCUT2D eigenvalue weighted by Gasteiger charge is -2.28. The molecular formula is C19H25N3O3S2. The second kappa shape index (κ2) is 7.77. The van der Waals surface area contributed by atoms with Crippen LogP contribution < -0.4 is 14.8 Å². The lowest BCUT2D eigenvalue weighted by molar-refractivity contribution is 0.324. The van der Waals surface area contributed by atoms with Crippen molar-refractivity contribution in [2.24, 2.45) is 5.92 Å². The number of sulfonamides is 1. The zero-order valence-electron chi connectivity index (χ0n) is 15.4. The van der Waals surface area contributed by atoms with E-state index in [1.54, 1.807) is 11.3 Å². The van der Waals surface area contributed by atoms with E-state index in [4.69, 9.17) is 9.72 Å². The number of benzene rings is 1. The summed E-state index contributed by atoms with van der Waals surface area (Å²) in [5.41, 5.74) is 2.11. The molecule has 1 saturated carbocycles. The molecule has 27 heavy (non-hydrogen) atoms. The molecule has 1 aromatic carbocycles. The number of thiazole rings is 1. The fraction of sp³-hybridized carbons (Fsp3) is 0.526. The van der Waals surface area contributed by atoms with Gasteiger partial charge < -0.3 is 10.1 Å². The summed E-state index contributed by atoms with van der Waals surface area (Å²) in [6.45, 7) is 1.57. The van der Waals surface area contributed by atoms with Crippen molar-refractivity contribution in [2.45, 2.75) is 38.1 Å². The van der Waals surface area contributed by atoms with Gasteiger partial charge in [0, 0.05) is 29.4 Å². The van der Waals surface area contributed by atoms with Gasteiger partial charge in [0.1, 0.15) is 5.75 Å². The summed E-state index contributed by atoms with van der Waals surface area (Å²) in [5.74, 6) is 1.46. The van der Waals surface area contributed by atoms with Gasteiger partial charge in [0.05, 0.1) is 18.6 Å². The average Bonchev–Trinajstić information content (AvgIpc) is 2.95. The molecule has 1 aliphatic carbocycles. The van der Waals surface area contributed by atoms with E-state index in [9.17, 15) is 8.42 Å². The first-order valence-corrected chi connectivity index (χ1v) is 12.1. The van der Waals surface area contributed by atoms with Crippen molar-refractivity contribution in [1.82, 2.24) is 9.71 Å². The highest BCUT2D eigenvalue weighted by atomic mass is 32.2. The Hall–Kier alpha value is -1.64. The third kappa shape index (κ3) is 4.62. The predicted octanol–water partition coefficient (Wildman–Crippen LogP) is 3.26. The first-order valence-electron chi connectivity index (χ1n) is 9.41. The molecule has 0 amide bonds. The fourth-order valence-electron chi connectivity index (χ4n) is 3.87. The summed E-state index contributed by atoms with van der Waals surface area (Å²) in [6, 6.07) is 8.17. The smallest absolute Gasteiger partial charge is 0.208 e. The maximum atomic E-state index is 11.4. The Morgan fingerprint density at radius 3 is 2.78 bits per heavy atom. The van der Waals surface area contributed by atoms with Crippen LogP contribution in [0.25, 0.3) is 11.3 Å². The van der Waals surface area contributed by atoms with Crippen molar-refractivity contribution in [3.8, 4) is 17.0 Å². The van der Waals surface area contributed by atoms with Crippen LogP contribution in [0, 0.1) is 5.92 Å². The molecule has 0 spiro atoms. The summed E-state index contributed by atoms with van der Waals surface area (Å²) in [5, 5.41) is 4.48. The van der Waals surface area contributed by atoms with E-state index in [2.05, 4.69) is 16.1 Å². The van der Waals surface area contributed by atoms with Crippen molar-refractivity contribution in [3.63, 3.8) is 0 Å². The molecule has 6 nitrogen and oxygen atoms in total. The van der Waals surface area contributed by atoms with Crippen LogP contribution in [0.3, 0.4) is 0 Å². The van der Waals surface area contributed by atoms with E-state index < -0.39 is 10.0 Å². The number of anilines is 1. The van der Waals surface area contributed by atoms with Gasteiger partial charge in [-0.05, 0) is 43.7 Å². The van der Waals surface area contributed by atoms with E-state index in [0.29, 0.717) is 12.5 Å². The van der Waals surface area contributed by atoms with Gasteiger partial charge in [-0.3, -0.25) is 0 Å². The summed E-state index contributed by atoms with van der Waals surface area (Å²) in [6.07, 6.45) is 5.98. The van der Waals surface area contributed by atoms with Crippen molar-refractivity contribution >= 4 is 26.5 Å². The van der Waals surface area contributed by atoms with Gasteiger partial charge in [0.25, 0.3) is 0 Å². The average molecular weight is 408 g/mol. The van der Waals surface area contributed by atoms with Crippen molar-refractivity contribution in [2.75, 3.05) is 24.7 Å². The second-order valence-electron chi connectivity index (χ2n) is 7.37. The summed E-state index contributed by atoms with van der Waals surface area (Å²) >= 11 is 1.72. The molecule has 0 unspecified atom stereocenters. The Kier molecular flexibility index (Phi) is 5.39. The molecule has 4 rings (SSSR count). The lowest BCUT2D eigenvalue weighted by Crippen LogP contribution is -2.37. The molecule has 2 aromatic rings. The highest BCUT2D eigenvalue weighted by molar-refractivity contribution is 7.88. The van der Waals surface area contributed by atoms with Crippen molar-refractivity contribution in [3.05, 3.63) is 29.1 Å². The standard InChI is InChI=1S/C19H25N3O3S2/c1-27(23,24)22-14-8-6-13(7-9-14)12-20-19-21-18-15-4-2-3-5-16(15)25-11-10-17(18)26-19/h2-5,13-14,22H,6-12H2,1H3,(H,20,21). The molecule has 146 valence electrons. The Morgan fingerprint density at radius 2 is 2.00 bits per heavy atom. The third-order valence-electron chi connectivity index (χ3n) is 5.20. The lowest BCUT2D eigenvalue weighted by atomic mass is 9.86. The molecule has 2 aliphatic rings. The first-order chi connectivity index (χ1) is 13.0. The number of aromatic nitrogens is 1. The Bertz CT molecular complexity index is 903. The molecule has 0 bridgehead atoms. The number of hydrogen-bond acceptors (Lipinski definition) is 6. The number of rotatable bonds is 5. The fourth-order valence-corrected chi connectivity index (χ4v) is 5.67. The molecule has 0 saturated heterocycles. The SMILES string of the molecule is CS(=O)(=O)NC1CCC(CNc2nc3c(s2)CCOc2ccccc2-3)CC1. The molecule has 1 aliphatic heterocycles. The predicted molar refractivity (Wildman–Crippen MR) is 109 cm³/mol. The maximum absolute atomic E-state index is 11.4. The zero-order chi connectivity index (χ0) is 18.9. The van der Waals surface area contributed by atoms with Crippen molar-refractivity contribution < 1.29 is 13.2 Å². The van der Waals surface area contributed by atoms with Crippen molar-refractivity contribution in [1.29, 1.82) is 0 Å². The number of ether oxygens (including phenoxy) is 1. The summed E-state index contributed by atoms with van der Waals surface area (Å²) in [7, 11) is -3.11. The van der Waals surface area contributed by atoms with Crippen LogP contribution in [0.4, 0.5) is 5.13 Å². The van der Waals surface area contributed by atoms with Gasteiger partial charge in [-0.2, -0.15) is 0 Å². The van der Waals surface area contributed by atoms with Crippen LogP contribution in [0.15, 0.2) is 24.3 Å². The van der Waals surface area contributed by atoms with Gasteiger partial charge >= 0.3 is 0 Å². The van der Waals surface area contributed by atoms with Gasteiger partial charge in [-0.15, -0.1) is 11.3 Å². The Labute approximate surface area is 164 Å². The molecular weight excluding hydrogens is 382 g/mol. The van der Waals surface area contributed by atoms with Crippen LogP contribution in [-0.2, 0) is 16.4 Å². The van der Waals surface area contributed by atoms with E-state index in [-0.39, 0.29) is 6.04 Å². The van der Waals surface area contributed by atoms with E-state index in [0.717, 1.165) is 60.8 Å². The topological polar surface area (TPSA) is 80.3 Å². The van der Waals surface area contributed by atoms with Crippen LogP contribution in [0.5, 0.6) is 5.75 Å². The van der Waals surface area contributed by atoms with Gasteiger partial charge in [-0.25, -0.2) is 18.1 Å². The minimum atomic E-state index is -3.11. The van der Waals surface area contributed by atoms with E-state index >= 15 is 0 Å². The zero-order valence-corrected chi connectivity index (χ0v) is 17.0. The molecule has 8 heteroatoms. The van der Waals surface area contributed by atoms with Crippen LogP contribution in [0.1, 0.15) is 30.6 Å². The Morgan fingerprint density at radius 1 is 1.22 bits per heavy atom. The van der Waals surface area contributed by atoms with Gasteiger partial charge in [0.2, 0.25) is 10.0 Å². The molecule has 0 atom stereocenters. The van der Waals surface area contributed by atoms with Gasteiger partial charge in [-0.1, -0.05) is 12.1 Å². The highest BCUT2D eigenvalue weighted by Gasteiger charge is 2.24. The number of fused-ring (bicyclic) bond motifs is 3. The van der Waals surface area contributed by atoms with Crippen LogP contribution in [-0.4, -0.2) is 38.9 Å². The Balaban J connectivity index is 1.36. The molecule has 2 N–H and O–H groups in total. The highest BCUT2D eigenvalue weighted by Crippen LogP contribution is 2.39. The minimum absolute atomic E-state index is 0.0867. The van der Waals surface area contributed by atoms with E-state index in [1.165, 1.54) is 11.1 Å². The van der Waals surface area contributed by atoms with Crippen LogP contribution in [0.2, 0.25) is 0 Å². The monoisotopic (exact) mass is 407 g/mol. The minimum Gasteiger partial charge on any atom is -0.493 e. The molecule has 1 aromatic heterocycles. The van der Waals surface area contributed by atoms with E-state index in [1.807, 2.05) is 18.2 Å². The molecule has 1 fully saturated rings. The van der Waals surface area contributed by atoms with Gasteiger partial charge in [0.15, 0.2) is 5.13 Å². The number of nitrogens with one attached hydrogen (secondary N) is 2. The summed E-state index contributed by atoms with van der Waals surface area (Å²) in [4.78, 5) is 6.10. The number of para-hydroxylation sites is 1. The molecule has 2 heterocycles. The normalized spacial score (nSPS) is 22.3. The summed E-state index contributed by atoms with van der Waals surface area (Å²) < 4.78 is 31.3. The maximum Gasteiger partial charge on any atom is 0.208 e. The second-order valence-corrected chi connectivity index (χ2v) is 10.2. The molecule has 0 radical (unpaired) electrons. The largest absolute Gasteiger partial charge is 0.493 e.